The molecule has 54 heavy (non-hydrogen) atoms. The zero-order chi connectivity index (χ0) is 37.5. The minimum absolute atomic E-state index is 0.0639. The van der Waals surface area contributed by atoms with Gasteiger partial charge in [0.1, 0.15) is 24.0 Å². The van der Waals surface area contributed by atoms with E-state index < -0.39 is 11.5 Å². The zero-order valence-corrected chi connectivity index (χ0v) is 32.8. The van der Waals surface area contributed by atoms with Gasteiger partial charge in [0.05, 0.1) is 12.7 Å². The Kier molecular flexibility index (Phi) is 10.8. The minimum Gasteiger partial charge on any atom is -0.493 e. The second-order valence-electron chi connectivity index (χ2n) is 17.0. The standard InChI is InChI=1S/C44H56ClN3O6/c1-28(26-52-38-12-17-46-37-11-4-7-29(2)41(37)38)19-31-20-30-21-39-40(54-35(27-53-39)25-48-18-6-10-34(24-48)51-3)23-36(30)43(31)13-15-44(16-14-43,42(49)50)47-33-9-5-8-32(45)22-33/h5,8-9,12,17,21-23,28-29,31,34-35,47H,4,6-7,10-11,13-16,18-20,24-27H2,1-3H3,(H,49,50)/t28-,29-,31+,34?,35-,43?,44?/m1/s1. The van der Waals surface area contributed by atoms with E-state index in [9.17, 15) is 9.90 Å². The first kappa shape index (κ1) is 37.4. The molecule has 1 spiro atoms. The number of hydrogen-bond donors (Lipinski definition) is 2. The largest absolute Gasteiger partial charge is 0.493 e. The molecule has 1 aromatic heterocycles. The number of halogens is 1. The number of hydrogen-bond acceptors (Lipinski definition) is 8. The molecular formula is C44H56ClN3O6. The number of piperidine rings is 1. The molecule has 0 radical (unpaired) electrons. The molecule has 1 saturated carbocycles. The summed E-state index contributed by atoms with van der Waals surface area (Å²) in [6.45, 7) is 8.50. The topological polar surface area (TPSA) is 102 Å². The molecule has 3 aromatic rings. The van der Waals surface area contributed by atoms with Crippen LogP contribution in [-0.4, -0.2) is 78.7 Å². The van der Waals surface area contributed by atoms with Gasteiger partial charge < -0.3 is 29.4 Å². The maximum absolute atomic E-state index is 13.1. The number of pyridine rings is 1. The Morgan fingerprint density at radius 1 is 1.13 bits per heavy atom. The summed E-state index contributed by atoms with van der Waals surface area (Å²) < 4.78 is 25.5. The molecule has 0 amide bonds. The number of rotatable bonds is 11. The fraction of sp³-hybridized carbons (Fsp3) is 0.591. The van der Waals surface area contributed by atoms with Gasteiger partial charge in [0.15, 0.2) is 11.5 Å². The first-order chi connectivity index (χ1) is 26.1. The van der Waals surface area contributed by atoms with Gasteiger partial charge in [-0.1, -0.05) is 31.5 Å². The molecule has 2 N–H and O–H groups in total. The van der Waals surface area contributed by atoms with Crippen molar-refractivity contribution in [2.75, 3.05) is 45.3 Å². The second kappa shape index (κ2) is 15.5. The smallest absolute Gasteiger partial charge is 0.329 e. The number of likely N-dealkylation sites (tertiary alicyclic amines) is 1. The highest BCUT2D eigenvalue weighted by Crippen LogP contribution is 2.58. The predicted molar refractivity (Wildman–Crippen MR) is 210 cm³/mol. The number of aromatic nitrogens is 1. The number of nitrogens with one attached hydrogen (secondary N) is 1. The van der Waals surface area contributed by atoms with Gasteiger partial charge in [-0.05, 0) is 148 Å². The predicted octanol–water partition coefficient (Wildman–Crippen LogP) is 8.45. The third-order valence-corrected chi connectivity index (χ3v) is 13.6. The molecule has 2 aliphatic heterocycles. The van der Waals surface area contributed by atoms with Crippen LogP contribution in [0.2, 0.25) is 5.02 Å². The zero-order valence-electron chi connectivity index (χ0n) is 32.1. The second-order valence-corrected chi connectivity index (χ2v) is 17.4. The minimum atomic E-state index is -1.08. The Morgan fingerprint density at radius 2 is 1.98 bits per heavy atom. The molecule has 1 saturated heterocycles. The molecule has 1 unspecified atom stereocenters. The molecule has 290 valence electrons. The van der Waals surface area contributed by atoms with Crippen LogP contribution in [0.5, 0.6) is 17.2 Å². The van der Waals surface area contributed by atoms with Gasteiger partial charge in [-0.2, -0.15) is 0 Å². The lowest BCUT2D eigenvalue weighted by atomic mass is 9.59. The van der Waals surface area contributed by atoms with Crippen molar-refractivity contribution in [3.63, 3.8) is 0 Å². The van der Waals surface area contributed by atoms with Gasteiger partial charge in [-0.25, -0.2) is 4.79 Å². The van der Waals surface area contributed by atoms with Crippen molar-refractivity contribution in [1.29, 1.82) is 0 Å². The van der Waals surface area contributed by atoms with Gasteiger partial charge in [0, 0.05) is 48.4 Å². The number of carboxylic acids is 1. The number of methoxy groups -OCH3 is 1. The van der Waals surface area contributed by atoms with E-state index in [-0.39, 0.29) is 17.6 Å². The molecule has 0 bridgehead atoms. The molecule has 2 fully saturated rings. The Labute approximate surface area is 325 Å². The average molecular weight is 758 g/mol. The van der Waals surface area contributed by atoms with Crippen LogP contribution < -0.4 is 19.5 Å². The van der Waals surface area contributed by atoms with E-state index in [2.05, 4.69) is 41.2 Å². The summed E-state index contributed by atoms with van der Waals surface area (Å²) in [4.78, 5) is 20.2. The number of ether oxygens (including phenoxy) is 4. The summed E-state index contributed by atoms with van der Waals surface area (Å²) in [5.41, 5.74) is 4.54. The summed E-state index contributed by atoms with van der Waals surface area (Å²) in [5.74, 6) is 2.88. The van der Waals surface area contributed by atoms with Crippen LogP contribution in [-0.2, 0) is 27.8 Å². The van der Waals surface area contributed by atoms with Gasteiger partial charge in [0.2, 0.25) is 0 Å². The molecule has 10 heteroatoms. The Morgan fingerprint density at radius 3 is 2.78 bits per heavy atom. The van der Waals surface area contributed by atoms with Crippen LogP contribution in [0.15, 0.2) is 48.7 Å². The van der Waals surface area contributed by atoms with E-state index in [0.717, 1.165) is 87.5 Å². The van der Waals surface area contributed by atoms with Crippen molar-refractivity contribution in [1.82, 2.24) is 9.88 Å². The summed E-state index contributed by atoms with van der Waals surface area (Å²) in [6, 6.07) is 13.9. The lowest BCUT2D eigenvalue weighted by Gasteiger charge is -2.47. The van der Waals surface area contributed by atoms with Crippen molar-refractivity contribution in [2.24, 2.45) is 11.8 Å². The van der Waals surface area contributed by atoms with Crippen LogP contribution in [0, 0.1) is 11.8 Å². The highest BCUT2D eigenvalue weighted by Gasteiger charge is 2.54. The normalized spacial score (nSPS) is 29.6. The van der Waals surface area contributed by atoms with Crippen LogP contribution >= 0.6 is 11.6 Å². The van der Waals surface area contributed by atoms with Gasteiger partial charge in [-0.15, -0.1) is 0 Å². The van der Waals surface area contributed by atoms with Crippen molar-refractivity contribution in [2.45, 2.75) is 114 Å². The average Bonchev–Trinajstić information content (AvgIpc) is 3.44. The van der Waals surface area contributed by atoms with Crippen LogP contribution in [0.25, 0.3) is 0 Å². The quantitative estimate of drug-likeness (QED) is 0.200. The maximum atomic E-state index is 13.1. The van der Waals surface area contributed by atoms with Crippen LogP contribution in [0.4, 0.5) is 5.69 Å². The molecule has 3 aliphatic carbocycles. The van der Waals surface area contributed by atoms with Crippen molar-refractivity contribution < 1.29 is 28.8 Å². The Balaban J connectivity index is 1.04. The first-order valence-electron chi connectivity index (χ1n) is 20.2. The summed E-state index contributed by atoms with van der Waals surface area (Å²) >= 11 is 6.32. The van der Waals surface area contributed by atoms with E-state index in [1.165, 1.54) is 35.2 Å². The number of fused-ring (bicyclic) bond motifs is 4. The third-order valence-electron chi connectivity index (χ3n) is 13.3. The monoisotopic (exact) mass is 757 g/mol. The number of nitrogens with zero attached hydrogens (tertiary/aromatic N) is 2. The molecule has 2 aromatic carbocycles. The van der Waals surface area contributed by atoms with E-state index >= 15 is 0 Å². The lowest BCUT2D eigenvalue weighted by Crippen LogP contribution is -2.53. The van der Waals surface area contributed by atoms with Gasteiger partial charge >= 0.3 is 5.97 Å². The molecule has 9 nitrogen and oxygen atoms in total. The van der Waals surface area contributed by atoms with Crippen molar-refractivity contribution >= 4 is 23.3 Å². The fourth-order valence-electron chi connectivity index (χ4n) is 10.5. The number of anilines is 1. The van der Waals surface area contributed by atoms with E-state index in [0.29, 0.717) is 48.8 Å². The van der Waals surface area contributed by atoms with E-state index in [4.69, 9.17) is 30.5 Å². The van der Waals surface area contributed by atoms with Crippen LogP contribution in [0.1, 0.15) is 99.9 Å². The summed E-state index contributed by atoms with van der Waals surface area (Å²) in [6.07, 6.45) is 12.1. The number of carbonyl (C=O) groups is 1. The van der Waals surface area contributed by atoms with Gasteiger partial charge in [-0.3, -0.25) is 9.88 Å². The molecular weight excluding hydrogens is 702 g/mol. The van der Waals surface area contributed by atoms with Crippen LogP contribution in [0.3, 0.4) is 0 Å². The SMILES string of the molecule is COC1CCCN(C[C@@H]2COc3cc4c(cc3O2)C2(CCC(Nc3cccc(Cl)c3)(C(=O)O)CC2)[C@@H](C[C@@H](C)COc2ccnc3c2[C@H](C)CCC3)C4)C1. The van der Waals surface area contributed by atoms with Gasteiger partial charge in [0.25, 0.3) is 0 Å². The number of benzene rings is 2. The molecule has 5 aliphatic rings. The van der Waals surface area contributed by atoms with Crippen molar-refractivity contribution in [3.05, 3.63) is 76.1 Å². The molecule has 3 heterocycles. The number of aliphatic carboxylic acids is 1. The Hall–Kier alpha value is -3.53. The highest BCUT2D eigenvalue weighted by atomic mass is 35.5. The maximum Gasteiger partial charge on any atom is 0.329 e. The summed E-state index contributed by atoms with van der Waals surface area (Å²) in [7, 11) is 1.80. The number of carboxylic acid groups (broad SMARTS) is 1. The lowest BCUT2D eigenvalue weighted by molar-refractivity contribution is -0.144. The summed E-state index contributed by atoms with van der Waals surface area (Å²) in [5, 5.41) is 14.7. The molecule has 5 atom stereocenters. The highest BCUT2D eigenvalue weighted by molar-refractivity contribution is 6.30. The van der Waals surface area contributed by atoms with E-state index in [1.54, 1.807) is 7.11 Å². The fourth-order valence-corrected chi connectivity index (χ4v) is 10.7. The van der Waals surface area contributed by atoms with E-state index in [1.807, 2.05) is 36.5 Å². The number of aryl methyl sites for hydroxylation is 1. The Bertz CT molecular complexity index is 1830. The van der Waals surface area contributed by atoms with Crippen molar-refractivity contribution in [3.8, 4) is 17.2 Å². The molecule has 8 rings (SSSR count). The first-order valence-corrected chi connectivity index (χ1v) is 20.6. The third kappa shape index (κ3) is 7.40.